The second-order valence-electron chi connectivity index (χ2n) is 4.43. The average molecular weight is 304 g/mol. The van der Waals surface area contributed by atoms with Gasteiger partial charge in [0.15, 0.2) is 0 Å². The molecular weight excluding hydrogens is 285 g/mol. The summed E-state index contributed by atoms with van der Waals surface area (Å²) in [6.45, 7) is 2.07. The van der Waals surface area contributed by atoms with E-state index in [1.807, 2.05) is 25.9 Å². The fourth-order valence-electron chi connectivity index (χ4n) is 2.15. The number of aliphatic hydroxyl groups excluding tert-OH is 1. The van der Waals surface area contributed by atoms with Gasteiger partial charge < -0.3 is 10.0 Å². The number of halogens is 2. The van der Waals surface area contributed by atoms with Crippen LogP contribution in [0.5, 0.6) is 0 Å². The van der Waals surface area contributed by atoms with Crippen molar-refractivity contribution in [1.82, 2.24) is 4.90 Å². The minimum Gasteiger partial charge on any atom is -0.396 e. The van der Waals surface area contributed by atoms with E-state index in [-0.39, 0.29) is 24.4 Å². The van der Waals surface area contributed by atoms with Gasteiger partial charge in [-0.3, -0.25) is 0 Å². The Labute approximate surface area is 111 Å². The first kappa shape index (κ1) is 14.6. The van der Waals surface area contributed by atoms with E-state index < -0.39 is 0 Å². The first-order valence-corrected chi connectivity index (χ1v) is 6.52. The molecule has 0 amide bonds. The van der Waals surface area contributed by atoms with Crippen molar-refractivity contribution in [2.45, 2.75) is 19.4 Å². The van der Waals surface area contributed by atoms with Crippen LogP contribution in [0.4, 0.5) is 4.39 Å². The molecule has 0 radical (unpaired) electrons. The van der Waals surface area contributed by atoms with Gasteiger partial charge in [-0.25, -0.2) is 4.39 Å². The summed E-state index contributed by atoms with van der Waals surface area (Å²) in [5.41, 5.74) is 0.630. The Morgan fingerprint density at radius 2 is 2.06 bits per heavy atom. The number of rotatable bonds is 5. The summed E-state index contributed by atoms with van der Waals surface area (Å²) in [6, 6.07) is 4.83. The second-order valence-corrected chi connectivity index (χ2v) is 5.34. The van der Waals surface area contributed by atoms with Crippen LogP contribution in [0, 0.1) is 11.7 Å². The molecule has 1 N–H and O–H groups in total. The quantitative estimate of drug-likeness (QED) is 0.903. The van der Waals surface area contributed by atoms with Gasteiger partial charge in [0, 0.05) is 28.6 Å². The Bertz CT molecular complexity index is 366. The van der Waals surface area contributed by atoms with E-state index in [1.165, 1.54) is 6.07 Å². The van der Waals surface area contributed by atoms with Gasteiger partial charge in [-0.15, -0.1) is 0 Å². The van der Waals surface area contributed by atoms with Crippen LogP contribution in [0.15, 0.2) is 22.7 Å². The maximum atomic E-state index is 13.9. The van der Waals surface area contributed by atoms with Crippen molar-refractivity contribution in [1.29, 1.82) is 0 Å². The topological polar surface area (TPSA) is 23.5 Å². The standard InChI is InChI=1S/C13H19BrFNO/c1-4-9(8-17)13(16(2)3)11-7-10(14)5-6-12(11)15/h5-7,9,13,17H,4,8H2,1-3H3. The molecule has 2 unspecified atom stereocenters. The summed E-state index contributed by atoms with van der Waals surface area (Å²) in [4.78, 5) is 1.95. The lowest BCUT2D eigenvalue weighted by molar-refractivity contribution is 0.128. The maximum Gasteiger partial charge on any atom is 0.128 e. The van der Waals surface area contributed by atoms with Crippen LogP contribution in [0.25, 0.3) is 0 Å². The van der Waals surface area contributed by atoms with Gasteiger partial charge in [-0.2, -0.15) is 0 Å². The Kier molecular flexibility index (Phi) is 5.56. The summed E-state index contributed by atoms with van der Waals surface area (Å²) in [5, 5.41) is 9.41. The van der Waals surface area contributed by atoms with Gasteiger partial charge in [0.25, 0.3) is 0 Å². The van der Waals surface area contributed by atoms with Crippen LogP contribution < -0.4 is 0 Å². The molecule has 0 aliphatic rings. The van der Waals surface area contributed by atoms with Gasteiger partial charge in [0.05, 0.1) is 0 Å². The molecule has 0 aliphatic heterocycles. The molecule has 2 nitrogen and oxygen atoms in total. The average Bonchev–Trinajstić information content (AvgIpc) is 2.29. The lowest BCUT2D eigenvalue weighted by atomic mass is 9.90. The van der Waals surface area contributed by atoms with Crippen molar-refractivity contribution >= 4 is 15.9 Å². The molecule has 1 rings (SSSR count). The summed E-state index contributed by atoms with van der Waals surface area (Å²) in [6.07, 6.45) is 0.811. The summed E-state index contributed by atoms with van der Waals surface area (Å²) < 4.78 is 14.7. The molecule has 0 saturated heterocycles. The first-order valence-electron chi connectivity index (χ1n) is 5.73. The molecule has 0 aliphatic carbocycles. The normalized spacial score (nSPS) is 15.0. The van der Waals surface area contributed by atoms with Gasteiger partial charge in [0.2, 0.25) is 0 Å². The molecule has 2 atom stereocenters. The molecule has 0 saturated carbocycles. The van der Waals surface area contributed by atoms with Crippen LogP contribution >= 0.6 is 15.9 Å². The fourth-order valence-corrected chi connectivity index (χ4v) is 2.53. The van der Waals surface area contributed by atoms with Crippen molar-refractivity contribution < 1.29 is 9.50 Å². The van der Waals surface area contributed by atoms with Crippen LogP contribution in [-0.4, -0.2) is 30.7 Å². The summed E-state index contributed by atoms with van der Waals surface area (Å²) in [7, 11) is 3.81. The Balaban J connectivity index is 3.17. The van der Waals surface area contributed by atoms with Crippen LogP contribution in [0.2, 0.25) is 0 Å². The highest BCUT2D eigenvalue weighted by Crippen LogP contribution is 2.32. The van der Waals surface area contributed by atoms with Crippen LogP contribution in [0.3, 0.4) is 0 Å². The number of nitrogens with zero attached hydrogens (tertiary/aromatic N) is 1. The fraction of sp³-hybridized carbons (Fsp3) is 0.538. The Hall–Kier alpha value is -0.450. The molecule has 0 bridgehead atoms. The molecule has 96 valence electrons. The van der Waals surface area contributed by atoms with E-state index in [0.29, 0.717) is 5.56 Å². The molecule has 0 spiro atoms. The highest BCUT2D eigenvalue weighted by Gasteiger charge is 2.26. The third-order valence-electron chi connectivity index (χ3n) is 3.04. The number of benzene rings is 1. The number of hydrogen-bond acceptors (Lipinski definition) is 2. The van der Waals surface area contributed by atoms with Crippen molar-refractivity contribution in [2.75, 3.05) is 20.7 Å². The highest BCUT2D eigenvalue weighted by atomic mass is 79.9. The van der Waals surface area contributed by atoms with Gasteiger partial charge in [-0.05, 0) is 38.7 Å². The molecule has 0 heterocycles. The van der Waals surface area contributed by atoms with Gasteiger partial charge in [-0.1, -0.05) is 22.9 Å². The van der Waals surface area contributed by atoms with Crippen molar-refractivity contribution in [2.24, 2.45) is 5.92 Å². The maximum absolute atomic E-state index is 13.9. The molecule has 0 fully saturated rings. The van der Waals surface area contributed by atoms with E-state index in [4.69, 9.17) is 0 Å². The minimum absolute atomic E-state index is 0.0359. The van der Waals surface area contributed by atoms with Crippen molar-refractivity contribution in [3.63, 3.8) is 0 Å². The molecule has 4 heteroatoms. The first-order chi connectivity index (χ1) is 8.01. The Morgan fingerprint density at radius 1 is 1.41 bits per heavy atom. The molecule has 17 heavy (non-hydrogen) atoms. The zero-order valence-electron chi connectivity index (χ0n) is 10.5. The SMILES string of the molecule is CCC(CO)C(c1cc(Br)ccc1F)N(C)C. The lowest BCUT2D eigenvalue weighted by Crippen LogP contribution is -2.30. The van der Waals surface area contributed by atoms with Crippen molar-refractivity contribution in [3.05, 3.63) is 34.1 Å². The highest BCUT2D eigenvalue weighted by molar-refractivity contribution is 9.10. The largest absolute Gasteiger partial charge is 0.396 e. The number of aliphatic hydroxyl groups is 1. The summed E-state index contributed by atoms with van der Waals surface area (Å²) >= 11 is 3.36. The predicted molar refractivity (Wildman–Crippen MR) is 71.4 cm³/mol. The molecule has 0 aromatic heterocycles. The van der Waals surface area contributed by atoms with E-state index in [1.54, 1.807) is 12.1 Å². The van der Waals surface area contributed by atoms with E-state index in [0.717, 1.165) is 10.9 Å². The third-order valence-corrected chi connectivity index (χ3v) is 3.53. The minimum atomic E-state index is -0.223. The van der Waals surface area contributed by atoms with Crippen LogP contribution in [0.1, 0.15) is 24.9 Å². The van der Waals surface area contributed by atoms with Gasteiger partial charge >= 0.3 is 0 Å². The summed E-state index contributed by atoms with van der Waals surface area (Å²) in [5.74, 6) is -0.187. The zero-order valence-corrected chi connectivity index (χ0v) is 12.0. The van der Waals surface area contributed by atoms with Crippen molar-refractivity contribution in [3.8, 4) is 0 Å². The van der Waals surface area contributed by atoms with E-state index >= 15 is 0 Å². The third kappa shape index (κ3) is 3.50. The molecule has 1 aromatic carbocycles. The van der Waals surface area contributed by atoms with Gasteiger partial charge in [0.1, 0.15) is 5.82 Å². The van der Waals surface area contributed by atoms with E-state index in [2.05, 4.69) is 15.9 Å². The molecule has 1 aromatic rings. The lowest BCUT2D eigenvalue weighted by Gasteiger charge is -2.31. The monoisotopic (exact) mass is 303 g/mol. The number of hydrogen-bond donors (Lipinski definition) is 1. The Morgan fingerprint density at radius 3 is 2.53 bits per heavy atom. The molecular formula is C13H19BrFNO. The predicted octanol–water partition coefficient (Wildman–Crippen LogP) is 3.21. The second kappa shape index (κ2) is 6.47. The van der Waals surface area contributed by atoms with E-state index in [9.17, 15) is 9.50 Å². The smallest absolute Gasteiger partial charge is 0.128 e. The zero-order chi connectivity index (χ0) is 13.0. The van der Waals surface area contributed by atoms with Crippen LogP contribution in [-0.2, 0) is 0 Å².